The molecule has 3 aliphatic carbocycles. The zero-order chi connectivity index (χ0) is 39.7. The Bertz CT molecular complexity index is 3360. The molecule has 3 aliphatic rings. The Labute approximate surface area is 354 Å². The normalized spacial score (nSPS) is 14.4. The molecule has 60 heavy (non-hydrogen) atoms. The highest BCUT2D eigenvalue weighted by atomic mass is 32.1. The minimum absolute atomic E-state index is 0.0994. The molecule has 13 rings (SSSR count). The minimum atomic E-state index is -0.363. The predicted octanol–water partition coefficient (Wildman–Crippen LogP) is 15.8. The molecule has 0 amide bonds. The number of rotatable bonds is 4. The lowest BCUT2D eigenvalue weighted by Crippen LogP contribution is -2.25. The third-order valence-electron chi connectivity index (χ3n) is 13.9. The van der Waals surface area contributed by atoms with Gasteiger partial charge in [-0.25, -0.2) is 0 Å². The monoisotopic (exact) mass is 781 g/mol. The first-order valence-electron chi connectivity index (χ1n) is 21.0. The van der Waals surface area contributed by atoms with Crippen LogP contribution in [0.25, 0.3) is 64.7 Å². The van der Waals surface area contributed by atoms with E-state index in [4.69, 9.17) is 0 Å². The topological polar surface area (TPSA) is 3.24 Å². The van der Waals surface area contributed by atoms with E-state index in [0.717, 1.165) is 11.4 Å². The van der Waals surface area contributed by atoms with Crippen LogP contribution in [0.15, 0.2) is 200 Å². The number of thiophene rings is 1. The lowest BCUT2D eigenvalue weighted by atomic mass is 9.70. The number of anilines is 3. The summed E-state index contributed by atoms with van der Waals surface area (Å²) in [6.45, 7) is 4.73. The van der Waals surface area contributed by atoms with Crippen LogP contribution in [0.1, 0.15) is 47.2 Å². The van der Waals surface area contributed by atoms with Crippen molar-refractivity contribution < 1.29 is 0 Å². The largest absolute Gasteiger partial charge is 0.310 e. The van der Waals surface area contributed by atoms with Crippen LogP contribution in [0.3, 0.4) is 0 Å². The van der Waals surface area contributed by atoms with Crippen molar-refractivity contribution in [3.05, 3.63) is 234 Å². The Morgan fingerprint density at radius 2 is 0.800 bits per heavy atom. The van der Waals surface area contributed by atoms with Gasteiger partial charge in [0.2, 0.25) is 0 Å². The van der Waals surface area contributed by atoms with Crippen LogP contribution < -0.4 is 4.90 Å². The van der Waals surface area contributed by atoms with E-state index in [-0.39, 0.29) is 10.8 Å². The van der Waals surface area contributed by atoms with Crippen LogP contribution in [0.4, 0.5) is 17.1 Å². The third-order valence-corrected chi connectivity index (χ3v) is 15.0. The van der Waals surface area contributed by atoms with Gasteiger partial charge in [-0.1, -0.05) is 166 Å². The van der Waals surface area contributed by atoms with Crippen LogP contribution in [0, 0.1) is 0 Å². The summed E-state index contributed by atoms with van der Waals surface area (Å²) in [4.78, 5) is 2.45. The van der Waals surface area contributed by atoms with Gasteiger partial charge in [0.05, 0.1) is 5.41 Å². The first-order valence-corrected chi connectivity index (χ1v) is 21.8. The van der Waals surface area contributed by atoms with Gasteiger partial charge < -0.3 is 4.90 Å². The second kappa shape index (κ2) is 12.3. The van der Waals surface area contributed by atoms with Crippen molar-refractivity contribution in [2.24, 2.45) is 0 Å². The molecule has 1 spiro atoms. The zero-order valence-corrected chi connectivity index (χ0v) is 34.2. The number of fused-ring (bicyclic) bond motifs is 16. The molecular formula is C58H39NS. The molecule has 0 atom stereocenters. The summed E-state index contributed by atoms with van der Waals surface area (Å²) in [5.41, 5.74) is 21.7. The van der Waals surface area contributed by atoms with Gasteiger partial charge >= 0.3 is 0 Å². The lowest BCUT2D eigenvalue weighted by molar-refractivity contribution is 0.660. The maximum absolute atomic E-state index is 2.48. The van der Waals surface area contributed by atoms with Crippen LogP contribution in [0.5, 0.6) is 0 Å². The molecule has 9 aromatic carbocycles. The van der Waals surface area contributed by atoms with Crippen molar-refractivity contribution in [3.63, 3.8) is 0 Å². The quantitative estimate of drug-likeness (QED) is 0.172. The fourth-order valence-corrected chi connectivity index (χ4v) is 12.3. The molecule has 2 heteroatoms. The van der Waals surface area contributed by atoms with Gasteiger partial charge in [-0.05, 0) is 126 Å². The second-order valence-corrected chi connectivity index (χ2v) is 18.3. The van der Waals surface area contributed by atoms with Crippen molar-refractivity contribution in [3.8, 4) is 44.5 Å². The smallest absolute Gasteiger partial charge is 0.0725 e. The maximum atomic E-state index is 2.48. The maximum Gasteiger partial charge on any atom is 0.0725 e. The average molecular weight is 782 g/mol. The Morgan fingerprint density at radius 1 is 0.333 bits per heavy atom. The summed E-state index contributed by atoms with van der Waals surface area (Å²) >= 11 is 1.87. The fourth-order valence-electron chi connectivity index (χ4n) is 11.2. The summed E-state index contributed by atoms with van der Waals surface area (Å²) in [5.74, 6) is 0. The van der Waals surface area contributed by atoms with E-state index in [1.54, 1.807) is 0 Å². The molecule has 0 aliphatic heterocycles. The molecule has 0 radical (unpaired) electrons. The summed E-state index contributed by atoms with van der Waals surface area (Å²) in [5, 5.41) is 2.63. The van der Waals surface area contributed by atoms with Crippen LogP contribution in [0.2, 0.25) is 0 Å². The Kier molecular flexibility index (Phi) is 6.94. The van der Waals surface area contributed by atoms with E-state index >= 15 is 0 Å². The first-order chi connectivity index (χ1) is 29.5. The SMILES string of the molecule is CC1(C)c2ccccc2-c2ccc(N(c3ccc(-c4ccc5c(c4)C4(c6ccccc6-c6ccccc64)c4ccccc4-5)cc3)c3ccc4c(c3)sc3ccccc34)cc21. The highest BCUT2D eigenvalue weighted by molar-refractivity contribution is 7.25. The van der Waals surface area contributed by atoms with Crippen molar-refractivity contribution in [1.29, 1.82) is 0 Å². The van der Waals surface area contributed by atoms with Crippen molar-refractivity contribution in [2.45, 2.75) is 24.7 Å². The minimum Gasteiger partial charge on any atom is -0.310 e. The molecule has 282 valence electrons. The van der Waals surface area contributed by atoms with E-state index in [0.29, 0.717) is 0 Å². The van der Waals surface area contributed by atoms with Crippen LogP contribution in [-0.4, -0.2) is 0 Å². The van der Waals surface area contributed by atoms with Crippen LogP contribution in [-0.2, 0) is 10.8 Å². The lowest BCUT2D eigenvalue weighted by Gasteiger charge is -2.30. The van der Waals surface area contributed by atoms with E-state index in [1.165, 1.54) is 104 Å². The number of hydrogen-bond acceptors (Lipinski definition) is 2. The summed E-state index contributed by atoms with van der Waals surface area (Å²) in [7, 11) is 0. The third kappa shape index (κ3) is 4.46. The second-order valence-electron chi connectivity index (χ2n) is 17.2. The first kappa shape index (κ1) is 33.9. The van der Waals surface area contributed by atoms with Crippen molar-refractivity contribution in [1.82, 2.24) is 0 Å². The molecule has 0 fully saturated rings. The van der Waals surface area contributed by atoms with Gasteiger partial charge in [0.1, 0.15) is 0 Å². The number of benzene rings is 9. The molecule has 1 aromatic heterocycles. The van der Waals surface area contributed by atoms with Gasteiger partial charge in [-0.15, -0.1) is 11.3 Å². The molecule has 10 aromatic rings. The molecule has 0 saturated carbocycles. The summed E-state index contributed by atoms with van der Waals surface area (Å²) in [6.07, 6.45) is 0. The van der Waals surface area contributed by atoms with Gasteiger partial charge in [0.25, 0.3) is 0 Å². The predicted molar refractivity (Wildman–Crippen MR) is 253 cm³/mol. The van der Waals surface area contributed by atoms with E-state index in [9.17, 15) is 0 Å². The Morgan fingerprint density at radius 3 is 1.48 bits per heavy atom. The average Bonchev–Trinajstić information content (AvgIpc) is 3.98. The van der Waals surface area contributed by atoms with Gasteiger partial charge in [-0.2, -0.15) is 0 Å². The molecule has 1 nitrogen and oxygen atoms in total. The molecule has 1 heterocycles. The standard InChI is InChI=1S/C58H39NS/c1-57(2)49-18-8-3-13-41(49)45-31-28-39(34-53(45)57)59(40-29-32-48-47-17-7-12-22-55(47)60-56(48)35-40)38-26-23-36(24-27-38)37-25-30-46-44-16-6-11-21-52(44)58(54(46)33-37)50-19-9-4-14-42(50)43-15-5-10-20-51(43)58/h3-35H,1-2H3. The van der Waals surface area contributed by atoms with Crippen molar-refractivity contribution >= 4 is 48.6 Å². The Hall–Kier alpha value is -7.00. The zero-order valence-electron chi connectivity index (χ0n) is 33.4. The molecule has 0 bridgehead atoms. The summed E-state index contributed by atoms with van der Waals surface area (Å²) < 4.78 is 2.62. The highest BCUT2D eigenvalue weighted by Gasteiger charge is 2.51. The van der Waals surface area contributed by atoms with Crippen molar-refractivity contribution in [2.75, 3.05) is 4.90 Å². The van der Waals surface area contributed by atoms with E-state index < -0.39 is 0 Å². The molecule has 0 unspecified atom stereocenters. The van der Waals surface area contributed by atoms with Gasteiger partial charge in [0.15, 0.2) is 0 Å². The Balaban J connectivity index is 0.960. The van der Waals surface area contributed by atoms with Crippen LogP contribution >= 0.6 is 11.3 Å². The number of hydrogen-bond donors (Lipinski definition) is 0. The molecule has 0 N–H and O–H groups in total. The highest BCUT2D eigenvalue weighted by Crippen LogP contribution is 2.63. The number of nitrogens with zero attached hydrogens (tertiary/aromatic N) is 1. The fraction of sp³-hybridized carbons (Fsp3) is 0.0690. The van der Waals surface area contributed by atoms with Gasteiger partial charge in [0, 0.05) is 42.6 Å². The van der Waals surface area contributed by atoms with Gasteiger partial charge in [-0.3, -0.25) is 0 Å². The van der Waals surface area contributed by atoms with E-state index in [1.807, 2.05) is 11.3 Å². The molecule has 0 saturated heterocycles. The van der Waals surface area contributed by atoms with E-state index in [2.05, 4.69) is 219 Å². The molecular weight excluding hydrogens is 743 g/mol. The summed E-state index contributed by atoms with van der Waals surface area (Å²) in [6, 6.07) is 75.4.